The summed E-state index contributed by atoms with van der Waals surface area (Å²) in [5, 5.41) is 33.4. The van der Waals surface area contributed by atoms with Crippen molar-refractivity contribution in [2.45, 2.75) is 57.5 Å². The van der Waals surface area contributed by atoms with Gasteiger partial charge < -0.3 is 15.8 Å². The van der Waals surface area contributed by atoms with Crippen molar-refractivity contribution < 1.29 is 28.0 Å². The van der Waals surface area contributed by atoms with Crippen LogP contribution >= 0.6 is 11.6 Å². The van der Waals surface area contributed by atoms with E-state index in [1.54, 1.807) is 0 Å². The fourth-order valence-corrected chi connectivity index (χ4v) is 4.09. The number of nitrogens with zero attached hydrogens (tertiary/aromatic N) is 4. The zero-order chi connectivity index (χ0) is 27.5. The van der Waals surface area contributed by atoms with Crippen molar-refractivity contribution in [3.63, 3.8) is 0 Å². The molecule has 2 aromatic heterocycles. The second-order valence-electron chi connectivity index (χ2n) is 8.66. The van der Waals surface area contributed by atoms with Crippen LogP contribution in [0, 0.1) is 17.3 Å². The van der Waals surface area contributed by atoms with Gasteiger partial charge in [0, 0.05) is 18.4 Å². The predicted octanol–water partition coefficient (Wildman–Crippen LogP) is 2.49. The van der Waals surface area contributed by atoms with Gasteiger partial charge in [0.1, 0.15) is 28.3 Å². The molecule has 1 saturated carbocycles. The van der Waals surface area contributed by atoms with Crippen LogP contribution in [-0.2, 0) is 9.59 Å². The van der Waals surface area contributed by atoms with Gasteiger partial charge in [-0.2, -0.15) is 9.49 Å². The molecular formula is C21H24ClF3N8O4. The lowest BCUT2D eigenvalue weighted by Crippen LogP contribution is -2.52. The average molecular weight is 545 g/mol. The topological polar surface area (TPSA) is 178 Å². The SMILES string of the molecule is C/C(=N/O)C(=N)C(=O)N[C@H](C(=O)Nc1cn([C@@H](C)c2cc(Cl)n[nH]c2=O)nc1F)C1CCC(F)(F)CC1. The van der Waals surface area contributed by atoms with Crippen LogP contribution < -0.4 is 16.2 Å². The molecule has 1 aliphatic rings. The number of aromatic nitrogens is 4. The van der Waals surface area contributed by atoms with Crippen LogP contribution in [-0.4, -0.2) is 60.4 Å². The summed E-state index contributed by atoms with van der Waals surface area (Å²) in [6, 6.07) is -0.945. The van der Waals surface area contributed by atoms with Crippen LogP contribution in [0.5, 0.6) is 0 Å². The molecule has 12 nitrogen and oxygen atoms in total. The third-order valence-electron chi connectivity index (χ3n) is 6.13. The predicted molar refractivity (Wildman–Crippen MR) is 126 cm³/mol. The molecule has 5 N–H and O–H groups in total. The van der Waals surface area contributed by atoms with Crippen LogP contribution in [0.3, 0.4) is 0 Å². The Morgan fingerprint density at radius 3 is 2.65 bits per heavy atom. The number of hydrogen-bond donors (Lipinski definition) is 5. The van der Waals surface area contributed by atoms with Gasteiger partial charge in [0.05, 0.1) is 12.2 Å². The molecule has 37 heavy (non-hydrogen) atoms. The number of amides is 2. The van der Waals surface area contributed by atoms with Gasteiger partial charge >= 0.3 is 0 Å². The summed E-state index contributed by atoms with van der Waals surface area (Å²) in [5.74, 6) is -6.76. The van der Waals surface area contributed by atoms with Crippen molar-refractivity contribution in [2.75, 3.05) is 5.32 Å². The molecule has 1 fully saturated rings. The number of H-pyrrole nitrogens is 1. The number of oxime groups is 1. The zero-order valence-electron chi connectivity index (χ0n) is 19.7. The van der Waals surface area contributed by atoms with E-state index < -0.39 is 71.5 Å². The summed E-state index contributed by atoms with van der Waals surface area (Å²) in [7, 11) is 0. The Bertz CT molecular complexity index is 1280. The van der Waals surface area contributed by atoms with E-state index in [1.165, 1.54) is 19.9 Å². The highest BCUT2D eigenvalue weighted by Gasteiger charge is 2.41. The molecule has 2 atom stereocenters. The van der Waals surface area contributed by atoms with E-state index in [2.05, 4.69) is 31.1 Å². The summed E-state index contributed by atoms with van der Waals surface area (Å²) in [4.78, 5) is 37.7. The molecule has 200 valence electrons. The van der Waals surface area contributed by atoms with Crippen molar-refractivity contribution in [3.8, 4) is 0 Å². The molecule has 2 heterocycles. The second-order valence-corrected chi connectivity index (χ2v) is 9.05. The number of carbonyl (C=O) groups is 2. The molecule has 0 aliphatic heterocycles. The highest BCUT2D eigenvalue weighted by molar-refractivity contribution is 6.65. The molecule has 0 radical (unpaired) electrons. The van der Waals surface area contributed by atoms with Gasteiger partial charge in [-0.05, 0) is 38.7 Å². The smallest absolute Gasteiger partial charge is 0.271 e. The lowest BCUT2D eigenvalue weighted by Gasteiger charge is -2.33. The summed E-state index contributed by atoms with van der Waals surface area (Å²) >= 11 is 5.81. The van der Waals surface area contributed by atoms with Crippen molar-refractivity contribution in [3.05, 3.63) is 39.3 Å². The van der Waals surface area contributed by atoms with Gasteiger partial charge in [-0.1, -0.05) is 16.8 Å². The Hall–Kier alpha value is -3.75. The summed E-state index contributed by atoms with van der Waals surface area (Å²) in [6.45, 7) is 2.71. The van der Waals surface area contributed by atoms with E-state index in [-0.39, 0.29) is 29.3 Å². The van der Waals surface area contributed by atoms with Gasteiger partial charge in [0.2, 0.25) is 11.8 Å². The number of rotatable bonds is 8. The molecule has 16 heteroatoms. The van der Waals surface area contributed by atoms with Crippen LogP contribution in [0.15, 0.2) is 22.2 Å². The molecule has 0 bridgehead atoms. The van der Waals surface area contributed by atoms with E-state index in [0.717, 1.165) is 10.9 Å². The fourth-order valence-electron chi connectivity index (χ4n) is 3.93. The molecule has 0 spiro atoms. The zero-order valence-corrected chi connectivity index (χ0v) is 20.4. The van der Waals surface area contributed by atoms with Crippen LogP contribution in [0.25, 0.3) is 0 Å². The second kappa shape index (κ2) is 11.1. The molecule has 2 amide bonds. The van der Waals surface area contributed by atoms with Crippen molar-refractivity contribution in [1.29, 1.82) is 5.41 Å². The number of anilines is 1. The number of hydrogen-bond acceptors (Lipinski definition) is 8. The Kier molecular flexibility index (Phi) is 8.35. The number of aromatic amines is 1. The molecule has 0 saturated heterocycles. The normalized spacial score (nSPS) is 17.6. The van der Waals surface area contributed by atoms with E-state index >= 15 is 0 Å². The Labute approximate surface area is 212 Å². The highest BCUT2D eigenvalue weighted by atomic mass is 35.5. The number of nitrogens with one attached hydrogen (secondary N) is 4. The van der Waals surface area contributed by atoms with Gasteiger partial charge in [-0.25, -0.2) is 13.9 Å². The van der Waals surface area contributed by atoms with E-state index in [1.807, 2.05) is 0 Å². The van der Waals surface area contributed by atoms with Crippen LogP contribution in [0.2, 0.25) is 5.15 Å². The Morgan fingerprint density at radius 2 is 2.03 bits per heavy atom. The number of halogens is 4. The van der Waals surface area contributed by atoms with Gasteiger partial charge in [0.15, 0.2) is 0 Å². The number of carbonyl (C=O) groups excluding carboxylic acids is 2. The maximum atomic E-state index is 14.6. The molecular weight excluding hydrogens is 521 g/mol. The van der Waals surface area contributed by atoms with Gasteiger partial charge in [-0.3, -0.25) is 24.5 Å². The quantitative estimate of drug-likeness (QED) is 0.193. The summed E-state index contributed by atoms with van der Waals surface area (Å²) in [5.41, 5.74) is -1.93. The third kappa shape index (κ3) is 6.53. The maximum absolute atomic E-state index is 14.6. The maximum Gasteiger partial charge on any atom is 0.271 e. The minimum Gasteiger partial charge on any atom is -0.411 e. The van der Waals surface area contributed by atoms with E-state index in [9.17, 15) is 27.6 Å². The van der Waals surface area contributed by atoms with E-state index in [0.29, 0.717) is 0 Å². The molecule has 0 aromatic carbocycles. The Morgan fingerprint density at radius 1 is 1.38 bits per heavy atom. The first-order chi connectivity index (χ1) is 17.3. The first-order valence-corrected chi connectivity index (χ1v) is 11.5. The van der Waals surface area contributed by atoms with Crippen molar-refractivity contribution in [2.24, 2.45) is 11.1 Å². The molecule has 1 aliphatic carbocycles. The van der Waals surface area contributed by atoms with Crippen molar-refractivity contribution >= 4 is 40.5 Å². The molecule has 3 rings (SSSR count). The van der Waals surface area contributed by atoms with Crippen molar-refractivity contribution in [1.82, 2.24) is 25.3 Å². The molecule has 2 aromatic rings. The van der Waals surface area contributed by atoms with Crippen LogP contribution in [0.4, 0.5) is 18.9 Å². The Balaban J connectivity index is 1.84. The summed E-state index contributed by atoms with van der Waals surface area (Å²) < 4.78 is 43.1. The minimum absolute atomic E-state index is 0.00806. The monoisotopic (exact) mass is 544 g/mol. The largest absolute Gasteiger partial charge is 0.411 e. The third-order valence-corrected chi connectivity index (χ3v) is 6.33. The fraction of sp³-hybridized carbons (Fsp3) is 0.476. The van der Waals surface area contributed by atoms with Crippen LogP contribution in [0.1, 0.15) is 51.1 Å². The average Bonchev–Trinajstić information content (AvgIpc) is 3.22. The van der Waals surface area contributed by atoms with Gasteiger partial charge in [-0.15, -0.1) is 5.10 Å². The standard InChI is InChI=1S/C21H24ClF3N8O4/c1-9(32-37)15(26)19(35)28-16(11-3-5-21(24,25)6-4-11)20(36)27-13-8-33(31-17(13)23)10(2)12-7-14(22)29-30-18(12)34/h7-8,10-11,16,26,37H,3-6H2,1-2H3,(H,27,36)(H,28,35)(H,30,34)/b26-15?,32-9-/t10-,16-/m0/s1. The first kappa shape index (κ1) is 27.8. The first-order valence-electron chi connectivity index (χ1n) is 11.1. The minimum atomic E-state index is -2.91. The molecule has 0 unspecified atom stereocenters. The van der Waals surface area contributed by atoms with Gasteiger partial charge in [0.25, 0.3) is 17.4 Å². The highest BCUT2D eigenvalue weighted by Crippen LogP contribution is 2.37. The van der Waals surface area contributed by atoms with E-state index in [4.69, 9.17) is 22.2 Å². The lowest BCUT2D eigenvalue weighted by molar-refractivity contribution is -0.126. The lowest BCUT2D eigenvalue weighted by atomic mass is 9.81. The summed E-state index contributed by atoms with van der Waals surface area (Å²) in [6.07, 6.45) is -0.145. The number of alkyl halides is 2.